The predicted molar refractivity (Wildman–Crippen MR) is 17.3 cm³/mol. The fourth-order valence-corrected chi connectivity index (χ4v) is 0. The van der Waals surface area contributed by atoms with Gasteiger partial charge in [-0.3, -0.25) is 0 Å². The molecule has 0 aliphatic heterocycles. The van der Waals surface area contributed by atoms with E-state index in [4.69, 9.17) is 0 Å². The van der Waals surface area contributed by atoms with Crippen LogP contribution in [0.1, 0.15) is 0 Å². The Hall–Kier alpha value is 3.64. The van der Waals surface area contributed by atoms with Crippen molar-refractivity contribution in [1.29, 1.82) is 0 Å². The average molecular weight is 487 g/mol. The minimum Gasteiger partial charge on any atom is 0 e. The Labute approximate surface area is 108 Å². The molecule has 0 aromatic carbocycles. The van der Waals surface area contributed by atoms with E-state index in [1.165, 1.54) is 0 Å². The SMILES string of the molecule is [Sn].[Sn].[Sn].[Zn].[Zn]. The van der Waals surface area contributed by atoms with E-state index in [9.17, 15) is 0 Å². The van der Waals surface area contributed by atoms with Crippen molar-refractivity contribution in [3.05, 3.63) is 0 Å². The molecule has 0 nitrogen and oxygen atoms in total. The molecule has 0 aromatic heterocycles. The van der Waals surface area contributed by atoms with E-state index < -0.39 is 0 Å². The summed E-state index contributed by atoms with van der Waals surface area (Å²) in [6.45, 7) is 0. The van der Waals surface area contributed by atoms with Gasteiger partial charge in [-0.2, -0.15) is 0 Å². The summed E-state index contributed by atoms with van der Waals surface area (Å²) in [4.78, 5) is 0. The molecule has 0 spiro atoms. The van der Waals surface area contributed by atoms with Gasteiger partial charge in [0.1, 0.15) is 0 Å². The summed E-state index contributed by atoms with van der Waals surface area (Å²) < 4.78 is 0. The van der Waals surface area contributed by atoms with Crippen LogP contribution in [0, 0.1) is 0 Å². The van der Waals surface area contributed by atoms with E-state index in [2.05, 4.69) is 0 Å². The fourth-order valence-electron chi connectivity index (χ4n) is 0. The van der Waals surface area contributed by atoms with E-state index in [0.717, 1.165) is 0 Å². The van der Waals surface area contributed by atoms with Crippen molar-refractivity contribution >= 4 is 71.7 Å². The maximum atomic E-state index is 0. The Morgan fingerprint density at radius 3 is 0.400 bits per heavy atom. The van der Waals surface area contributed by atoms with E-state index >= 15 is 0 Å². The van der Waals surface area contributed by atoms with Gasteiger partial charge in [-0.15, -0.1) is 0 Å². The normalized spacial score (nSPS) is 0. The van der Waals surface area contributed by atoms with Gasteiger partial charge in [-0.25, -0.2) is 0 Å². The standard InChI is InChI=1S/3Sn.2Zn. The van der Waals surface area contributed by atoms with Crippen LogP contribution in [0.25, 0.3) is 0 Å². The predicted octanol–water partition coefficient (Wildman–Crippen LogP) is -1.15. The second kappa shape index (κ2) is 25.4. The van der Waals surface area contributed by atoms with Gasteiger partial charge >= 0.3 is 0 Å². The minimum atomic E-state index is 0. The first-order valence-corrected chi connectivity index (χ1v) is 0. The topological polar surface area (TPSA) is 0 Å². The third-order valence-corrected chi connectivity index (χ3v) is 0. The molecule has 5 heavy (non-hydrogen) atoms. The van der Waals surface area contributed by atoms with Gasteiger partial charge in [-0.1, -0.05) is 0 Å². The summed E-state index contributed by atoms with van der Waals surface area (Å²) in [5.41, 5.74) is 0. The Balaban J connectivity index is 0. The van der Waals surface area contributed by atoms with Gasteiger partial charge in [-0.05, 0) is 0 Å². The Kier molecular flexibility index (Phi) is 193. The maximum Gasteiger partial charge on any atom is 0 e. The first-order valence-electron chi connectivity index (χ1n) is 0. The van der Waals surface area contributed by atoms with E-state index in [1.54, 1.807) is 0 Å². The summed E-state index contributed by atoms with van der Waals surface area (Å²) in [5.74, 6) is 0. The van der Waals surface area contributed by atoms with Gasteiger partial charge in [0.2, 0.25) is 0 Å². The third-order valence-electron chi connectivity index (χ3n) is 0. The number of hydrogen-bond acceptors (Lipinski definition) is 0. The van der Waals surface area contributed by atoms with Gasteiger partial charge in [0.05, 0.1) is 0 Å². The molecule has 0 atom stereocenters. The van der Waals surface area contributed by atoms with Crippen LogP contribution < -0.4 is 0 Å². The molecule has 0 aliphatic carbocycles. The molecule has 0 aromatic rings. The Morgan fingerprint density at radius 2 is 0.400 bits per heavy atom. The first kappa shape index (κ1) is 38.0. The molecule has 0 saturated carbocycles. The molecule has 16 valence electrons. The molecule has 12 radical (unpaired) electrons. The van der Waals surface area contributed by atoms with Crippen molar-refractivity contribution in [2.75, 3.05) is 0 Å². The maximum absolute atomic E-state index is 0. The molecule has 0 N–H and O–H groups in total. The van der Waals surface area contributed by atoms with Crippen LogP contribution in [-0.4, -0.2) is 71.7 Å². The van der Waals surface area contributed by atoms with Crippen molar-refractivity contribution in [1.82, 2.24) is 0 Å². The van der Waals surface area contributed by atoms with Gasteiger partial charge in [0.15, 0.2) is 0 Å². The van der Waals surface area contributed by atoms with Crippen LogP contribution in [0.2, 0.25) is 0 Å². The zero-order valence-corrected chi connectivity index (χ0v) is 17.4. The summed E-state index contributed by atoms with van der Waals surface area (Å²) in [7, 11) is 0. The molecular formula is Sn3Zn2. The van der Waals surface area contributed by atoms with Crippen molar-refractivity contribution in [2.45, 2.75) is 0 Å². The first-order chi connectivity index (χ1) is 0. The molecule has 0 heterocycles. The third kappa shape index (κ3) is 18.3. The second-order valence-electron chi connectivity index (χ2n) is 0. The van der Waals surface area contributed by atoms with Crippen molar-refractivity contribution in [3.8, 4) is 0 Å². The van der Waals surface area contributed by atoms with Crippen molar-refractivity contribution in [2.24, 2.45) is 0 Å². The molecule has 0 unspecified atom stereocenters. The summed E-state index contributed by atoms with van der Waals surface area (Å²) in [5, 5.41) is 0. The van der Waals surface area contributed by atoms with Crippen molar-refractivity contribution in [3.63, 3.8) is 0 Å². The largest absolute Gasteiger partial charge is 0 e. The minimum absolute atomic E-state index is 0. The molecule has 0 amide bonds. The molecule has 0 saturated heterocycles. The van der Waals surface area contributed by atoms with Crippen LogP contribution in [-0.2, 0) is 39.0 Å². The van der Waals surface area contributed by atoms with Crippen LogP contribution in [0.5, 0.6) is 0 Å². The summed E-state index contributed by atoms with van der Waals surface area (Å²) >= 11 is 0. The molecule has 0 aliphatic rings. The van der Waals surface area contributed by atoms with E-state index in [-0.39, 0.29) is 111 Å². The molecule has 0 bridgehead atoms. The van der Waals surface area contributed by atoms with Gasteiger partial charge < -0.3 is 0 Å². The van der Waals surface area contributed by atoms with Gasteiger partial charge in [0, 0.05) is 111 Å². The molecule has 0 fully saturated rings. The number of hydrogen-bond donors (Lipinski definition) is 0. The zero-order chi connectivity index (χ0) is 0. The number of rotatable bonds is 0. The quantitative estimate of drug-likeness (QED) is 0.380. The fraction of sp³-hybridized carbons (Fsp3) is 0. The summed E-state index contributed by atoms with van der Waals surface area (Å²) in [6.07, 6.45) is 0. The zero-order valence-electron chi connectivity index (χ0n) is 2.91. The van der Waals surface area contributed by atoms with Gasteiger partial charge in [0.25, 0.3) is 0 Å². The van der Waals surface area contributed by atoms with E-state index in [1.807, 2.05) is 0 Å². The Morgan fingerprint density at radius 1 is 0.400 bits per heavy atom. The van der Waals surface area contributed by atoms with Crippen molar-refractivity contribution < 1.29 is 39.0 Å². The average Bonchev–Trinajstić information content (AvgIpc) is 0. The second-order valence-corrected chi connectivity index (χ2v) is 0. The van der Waals surface area contributed by atoms with Crippen LogP contribution in [0.15, 0.2) is 0 Å². The van der Waals surface area contributed by atoms with Crippen LogP contribution in [0.3, 0.4) is 0 Å². The van der Waals surface area contributed by atoms with E-state index in [0.29, 0.717) is 0 Å². The smallest absolute Gasteiger partial charge is 0 e. The monoisotopic (exact) mass is 488 g/mol. The molecule has 0 rings (SSSR count). The Bertz CT molecular complexity index is 4.85. The molecule has 5 heteroatoms. The molecular weight excluding hydrogens is 487 g/mol. The summed E-state index contributed by atoms with van der Waals surface area (Å²) in [6, 6.07) is 0. The van der Waals surface area contributed by atoms with Crippen LogP contribution >= 0.6 is 0 Å². The van der Waals surface area contributed by atoms with Crippen LogP contribution in [0.4, 0.5) is 0 Å².